The van der Waals surface area contributed by atoms with E-state index in [9.17, 15) is 0 Å². The minimum Gasteiger partial charge on any atom is -0.483 e. The van der Waals surface area contributed by atoms with Crippen LogP contribution in [0.2, 0.25) is 0 Å². The van der Waals surface area contributed by atoms with Crippen molar-refractivity contribution in [1.82, 2.24) is 9.97 Å². The average Bonchev–Trinajstić information content (AvgIpc) is 1.91. The summed E-state index contributed by atoms with van der Waals surface area (Å²) in [7, 11) is 0. The van der Waals surface area contributed by atoms with Crippen LogP contribution in [0.15, 0.2) is 18.6 Å². The molecule has 1 heterocycles. The molecule has 0 radical (unpaired) electrons. The number of carbonyl (C=O) groups is 1. The van der Waals surface area contributed by atoms with Crippen LogP contribution in [0.3, 0.4) is 0 Å². The first-order valence-electron chi connectivity index (χ1n) is 2.40. The Balaban J connectivity index is 0.000000236. The van der Waals surface area contributed by atoms with Gasteiger partial charge in [-0.25, -0.2) is 4.98 Å². The lowest BCUT2D eigenvalue weighted by molar-refractivity contribution is -0.122. The molecule has 10 heavy (non-hydrogen) atoms. The molecule has 1 aromatic rings. The second-order valence-corrected chi connectivity index (χ2v) is 1.24. The molecule has 0 aromatic carbocycles. The number of anilines is 1. The number of carboxylic acid groups (broad SMARTS) is 1. The Hall–Kier alpha value is -1.65. The summed E-state index contributed by atoms with van der Waals surface area (Å²) < 4.78 is 0. The van der Waals surface area contributed by atoms with Crippen molar-refractivity contribution in [2.75, 3.05) is 5.73 Å². The first kappa shape index (κ1) is 8.35. The predicted molar refractivity (Wildman–Crippen MR) is 35.1 cm³/mol. The summed E-state index contributed by atoms with van der Waals surface area (Å²) in [6.07, 6.45) is 4.63. The molecule has 54 valence electrons. The van der Waals surface area contributed by atoms with Crippen molar-refractivity contribution >= 4 is 12.3 Å². The largest absolute Gasteiger partial charge is 0.483 e. The SMILES string of the molecule is Nc1cnccn1.O=CO. The number of hydrogen-bond donors (Lipinski definition) is 2. The molecule has 5 heteroatoms. The van der Waals surface area contributed by atoms with Crippen molar-refractivity contribution in [3.8, 4) is 0 Å². The van der Waals surface area contributed by atoms with Gasteiger partial charge in [0.15, 0.2) is 0 Å². The highest BCUT2D eigenvalue weighted by molar-refractivity contribution is 5.32. The molecule has 0 fully saturated rings. The van der Waals surface area contributed by atoms with Gasteiger partial charge in [0.2, 0.25) is 0 Å². The van der Waals surface area contributed by atoms with E-state index in [2.05, 4.69) is 9.97 Å². The van der Waals surface area contributed by atoms with E-state index < -0.39 is 0 Å². The summed E-state index contributed by atoms with van der Waals surface area (Å²) in [6, 6.07) is 0. The van der Waals surface area contributed by atoms with Crippen LogP contribution < -0.4 is 5.73 Å². The molecule has 0 spiro atoms. The van der Waals surface area contributed by atoms with Crippen LogP contribution in [0.25, 0.3) is 0 Å². The van der Waals surface area contributed by atoms with E-state index in [0.717, 1.165) is 0 Å². The van der Waals surface area contributed by atoms with E-state index >= 15 is 0 Å². The minimum absolute atomic E-state index is 0.250. The maximum atomic E-state index is 8.36. The maximum absolute atomic E-state index is 8.36. The molecule has 1 rings (SSSR count). The fourth-order valence-electron chi connectivity index (χ4n) is 0.311. The monoisotopic (exact) mass is 141 g/mol. The van der Waals surface area contributed by atoms with Gasteiger partial charge in [-0.2, -0.15) is 0 Å². The summed E-state index contributed by atoms with van der Waals surface area (Å²) in [5.41, 5.74) is 5.18. The lowest BCUT2D eigenvalue weighted by Gasteiger charge is -1.82. The number of nitrogens with zero attached hydrogens (tertiary/aromatic N) is 2. The maximum Gasteiger partial charge on any atom is 0.290 e. The van der Waals surface area contributed by atoms with Crippen LogP contribution >= 0.6 is 0 Å². The fourth-order valence-corrected chi connectivity index (χ4v) is 0.311. The smallest absolute Gasteiger partial charge is 0.290 e. The second kappa shape index (κ2) is 5.49. The van der Waals surface area contributed by atoms with Gasteiger partial charge >= 0.3 is 0 Å². The number of rotatable bonds is 0. The zero-order valence-corrected chi connectivity index (χ0v) is 5.14. The Labute approximate surface area is 57.5 Å². The molecule has 0 aliphatic carbocycles. The van der Waals surface area contributed by atoms with Gasteiger partial charge in [-0.15, -0.1) is 0 Å². The van der Waals surface area contributed by atoms with Crippen molar-refractivity contribution in [3.05, 3.63) is 18.6 Å². The predicted octanol–water partition coefficient (Wildman–Crippen LogP) is -0.240. The average molecular weight is 141 g/mol. The van der Waals surface area contributed by atoms with Crippen molar-refractivity contribution in [3.63, 3.8) is 0 Å². The molecule has 0 atom stereocenters. The Bertz CT molecular complexity index is 178. The summed E-state index contributed by atoms with van der Waals surface area (Å²) >= 11 is 0. The van der Waals surface area contributed by atoms with Gasteiger partial charge < -0.3 is 10.8 Å². The van der Waals surface area contributed by atoms with Crippen molar-refractivity contribution in [2.45, 2.75) is 0 Å². The van der Waals surface area contributed by atoms with E-state index in [-0.39, 0.29) is 6.47 Å². The van der Waals surface area contributed by atoms with E-state index in [1.807, 2.05) is 0 Å². The quantitative estimate of drug-likeness (QED) is 0.486. The summed E-state index contributed by atoms with van der Waals surface area (Å²) in [6.45, 7) is -0.250. The zero-order chi connectivity index (χ0) is 7.82. The molecule has 0 saturated heterocycles. The fraction of sp³-hybridized carbons (Fsp3) is 0. The van der Waals surface area contributed by atoms with Crippen LogP contribution in [-0.4, -0.2) is 21.5 Å². The van der Waals surface area contributed by atoms with Gasteiger partial charge in [-0.1, -0.05) is 0 Å². The van der Waals surface area contributed by atoms with Gasteiger partial charge in [-0.3, -0.25) is 9.78 Å². The number of aromatic nitrogens is 2. The number of nitrogens with two attached hydrogens (primary N) is 1. The molecule has 1 aromatic heterocycles. The highest BCUT2D eigenvalue weighted by Crippen LogP contribution is 1.84. The zero-order valence-electron chi connectivity index (χ0n) is 5.14. The summed E-state index contributed by atoms with van der Waals surface area (Å²) in [5, 5.41) is 6.89. The number of hydrogen-bond acceptors (Lipinski definition) is 4. The van der Waals surface area contributed by atoms with Gasteiger partial charge in [0.1, 0.15) is 5.82 Å². The highest BCUT2D eigenvalue weighted by Gasteiger charge is 1.74. The second-order valence-electron chi connectivity index (χ2n) is 1.24. The lowest BCUT2D eigenvalue weighted by Crippen LogP contribution is -1.87. The minimum atomic E-state index is -0.250. The van der Waals surface area contributed by atoms with Gasteiger partial charge in [0.05, 0.1) is 6.20 Å². The Morgan fingerprint density at radius 1 is 1.60 bits per heavy atom. The molecule has 0 amide bonds. The topological polar surface area (TPSA) is 89.1 Å². The molecule has 0 saturated carbocycles. The highest BCUT2D eigenvalue weighted by atomic mass is 16.3. The molecule has 0 bridgehead atoms. The molecule has 5 nitrogen and oxygen atoms in total. The lowest BCUT2D eigenvalue weighted by atomic mass is 10.7. The van der Waals surface area contributed by atoms with Gasteiger partial charge in [0.25, 0.3) is 6.47 Å². The Morgan fingerprint density at radius 3 is 2.40 bits per heavy atom. The molecule has 0 aliphatic heterocycles. The Morgan fingerprint density at radius 2 is 2.20 bits per heavy atom. The Kier molecular flexibility index (Phi) is 4.58. The van der Waals surface area contributed by atoms with Gasteiger partial charge in [-0.05, 0) is 0 Å². The summed E-state index contributed by atoms with van der Waals surface area (Å²) in [4.78, 5) is 15.8. The molecule has 3 N–H and O–H groups in total. The molecule has 0 unspecified atom stereocenters. The van der Waals surface area contributed by atoms with Gasteiger partial charge in [0, 0.05) is 12.4 Å². The van der Waals surface area contributed by atoms with Crippen LogP contribution in [0, 0.1) is 0 Å². The van der Waals surface area contributed by atoms with E-state index in [0.29, 0.717) is 5.82 Å². The van der Waals surface area contributed by atoms with Crippen molar-refractivity contribution < 1.29 is 9.90 Å². The third-order valence-electron chi connectivity index (χ3n) is 0.583. The van der Waals surface area contributed by atoms with E-state index in [1.54, 1.807) is 12.4 Å². The molecular formula is C5H7N3O2. The third kappa shape index (κ3) is 4.51. The van der Waals surface area contributed by atoms with Crippen molar-refractivity contribution in [1.29, 1.82) is 0 Å². The first-order chi connectivity index (χ1) is 4.81. The summed E-state index contributed by atoms with van der Waals surface area (Å²) in [5.74, 6) is 0.461. The van der Waals surface area contributed by atoms with Crippen LogP contribution in [0.4, 0.5) is 5.82 Å². The van der Waals surface area contributed by atoms with Crippen LogP contribution in [-0.2, 0) is 4.79 Å². The number of nitrogen functional groups attached to an aromatic ring is 1. The van der Waals surface area contributed by atoms with E-state index in [4.69, 9.17) is 15.6 Å². The van der Waals surface area contributed by atoms with Crippen molar-refractivity contribution in [2.24, 2.45) is 0 Å². The first-order valence-corrected chi connectivity index (χ1v) is 2.40. The van der Waals surface area contributed by atoms with Crippen LogP contribution in [0.1, 0.15) is 0 Å². The molecule has 0 aliphatic rings. The normalized spacial score (nSPS) is 7.20. The standard InChI is InChI=1S/C4H5N3.CH2O2/c5-4-3-6-1-2-7-4;2-1-3/h1-3H,(H2,5,7);1H,(H,2,3). The third-order valence-corrected chi connectivity index (χ3v) is 0.583. The van der Waals surface area contributed by atoms with Crippen LogP contribution in [0.5, 0.6) is 0 Å². The van der Waals surface area contributed by atoms with E-state index in [1.165, 1.54) is 6.20 Å². The molecular weight excluding hydrogens is 134 g/mol.